The Morgan fingerprint density at radius 2 is 1.82 bits per heavy atom. The van der Waals surface area contributed by atoms with Gasteiger partial charge in [0.05, 0.1) is 23.0 Å². The Bertz CT molecular complexity index is 1320. The number of aliphatic hydroxyl groups is 1. The van der Waals surface area contributed by atoms with Crippen molar-refractivity contribution in [1.29, 1.82) is 0 Å². The molecule has 0 radical (unpaired) electrons. The lowest BCUT2D eigenvalue weighted by molar-refractivity contribution is 0.0294. The van der Waals surface area contributed by atoms with E-state index in [1.54, 1.807) is 33.8 Å². The number of ether oxygens (including phenoxy) is 1. The predicted octanol–water partition coefficient (Wildman–Crippen LogP) is 6.09. The third kappa shape index (κ3) is 7.35. The van der Waals surface area contributed by atoms with Crippen LogP contribution in [0.2, 0.25) is 5.02 Å². The second-order valence-corrected chi connectivity index (χ2v) is 12.3. The fourth-order valence-corrected chi connectivity index (χ4v) is 5.00. The quantitative estimate of drug-likeness (QED) is 0.353. The third-order valence-electron chi connectivity index (χ3n) is 6.97. The molecule has 6 nitrogen and oxygen atoms in total. The first kappa shape index (κ1) is 29.0. The van der Waals surface area contributed by atoms with Crippen molar-refractivity contribution in [2.24, 2.45) is 0 Å². The van der Waals surface area contributed by atoms with Crippen molar-refractivity contribution in [3.05, 3.63) is 88.3 Å². The topological polar surface area (TPSA) is 74.7 Å². The summed E-state index contributed by atoms with van der Waals surface area (Å²) in [6.45, 7) is 11.7. The van der Waals surface area contributed by atoms with E-state index in [1.807, 2.05) is 18.2 Å². The molecule has 2 N–H and O–H groups in total. The van der Waals surface area contributed by atoms with Crippen LogP contribution in [0.25, 0.3) is 11.3 Å². The summed E-state index contributed by atoms with van der Waals surface area (Å²) in [7, 11) is 0. The van der Waals surface area contributed by atoms with Gasteiger partial charge in [0.25, 0.3) is 0 Å². The molecule has 0 spiro atoms. The normalized spacial score (nSPS) is 16.7. The van der Waals surface area contributed by atoms with Crippen LogP contribution >= 0.6 is 11.6 Å². The van der Waals surface area contributed by atoms with Crippen LogP contribution in [-0.4, -0.2) is 52.9 Å². The van der Waals surface area contributed by atoms with Gasteiger partial charge in [-0.2, -0.15) is 0 Å². The summed E-state index contributed by atoms with van der Waals surface area (Å²) in [5.41, 5.74) is 1.62. The summed E-state index contributed by atoms with van der Waals surface area (Å²) < 4.78 is 19.2. The van der Waals surface area contributed by atoms with E-state index in [4.69, 9.17) is 21.3 Å². The zero-order valence-electron chi connectivity index (χ0n) is 23.2. The molecule has 4 rings (SSSR count). The number of hydrogen-bond donors (Lipinski definition) is 2. The number of amides is 1. The highest BCUT2D eigenvalue weighted by Gasteiger charge is 2.41. The Labute approximate surface area is 235 Å². The van der Waals surface area contributed by atoms with Gasteiger partial charge in [0, 0.05) is 30.6 Å². The monoisotopic (exact) mass is 553 g/mol. The molecule has 1 aliphatic heterocycles. The summed E-state index contributed by atoms with van der Waals surface area (Å²) in [6, 6.07) is 18.8. The molecular weight excluding hydrogens is 517 g/mol. The van der Waals surface area contributed by atoms with Gasteiger partial charge in [-0.15, -0.1) is 0 Å². The molecule has 3 aromatic rings. The van der Waals surface area contributed by atoms with Crippen molar-refractivity contribution >= 4 is 17.7 Å². The number of alkyl carbamates (subject to hydrolysis) is 1. The van der Waals surface area contributed by atoms with E-state index in [0.29, 0.717) is 17.0 Å². The predicted molar refractivity (Wildman–Crippen MR) is 152 cm³/mol. The molecule has 1 unspecified atom stereocenters. The number of pyridine rings is 1. The standard InChI is InChI=1S/C31H37ClFN3O3/c1-29(2,3)39-28(37)34-18-31(5,38)27-17-23(16-26(35-27)22-11-12-25(33)24(32)15-22)30(4)19-36(20-30)14-13-21-9-7-6-8-10-21/h6-12,15-17,38H,13-14,18-20H2,1-5H3,(H,34,37). The van der Waals surface area contributed by atoms with Gasteiger partial charge in [-0.3, -0.25) is 0 Å². The summed E-state index contributed by atoms with van der Waals surface area (Å²) in [6.07, 6.45) is 0.354. The van der Waals surface area contributed by atoms with E-state index < -0.39 is 23.1 Å². The Morgan fingerprint density at radius 1 is 1.13 bits per heavy atom. The molecule has 8 heteroatoms. The van der Waals surface area contributed by atoms with E-state index in [1.165, 1.54) is 17.7 Å². The van der Waals surface area contributed by atoms with Gasteiger partial charge in [-0.25, -0.2) is 14.2 Å². The number of aromatic nitrogens is 1. The van der Waals surface area contributed by atoms with Crippen LogP contribution in [0.5, 0.6) is 0 Å². The number of carbonyl (C=O) groups excluding carboxylic acids is 1. The molecule has 1 fully saturated rings. The molecule has 1 aliphatic rings. The number of carbonyl (C=O) groups is 1. The van der Waals surface area contributed by atoms with Crippen molar-refractivity contribution in [2.75, 3.05) is 26.2 Å². The van der Waals surface area contributed by atoms with Crippen LogP contribution in [0, 0.1) is 5.82 Å². The lowest BCUT2D eigenvalue weighted by Gasteiger charge is -2.49. The summed E-state index contributed by atoms with van der Waals surface area (Å²) in [4.78, 5) is 19.4. The lowest BCUT2D eigenvalue weighted by atomic mass is 9.74. The summed E-state index contributed by atoms with van der Waals surface area (Å²) in [5.74, 6) is -0.509. The molecule has 39 heavy (non-hydrogen) atoms. The number of benzene rings is 2. The highest BCUT2D eigenvalue weighted by Crippen LogP contribution is 2.38. The zero-order valence-corrected chi connectivity index (χ0v) is 24.0. The van der Waals surface area contributed by atoms with E-state index in [2.05, 4.69) is 41.4 Å². The minimum atomic E-state index is -1.49. The van der Waals surface area contributed by atoms with Gasteiger partial charge in [0.2, 0.25) is 0 Å². The van der Waals surface area contributed by atoms with Crippen molar-refractivity contribution in [3.63, 3.8) is 0 Å². The fraction of sp³-hybridized carbons (Fsp3) is 0.419. The highest BCUT2D eigenvalue weighted by atomic mass is 35.5. The summed E-state index contributed by atoms with van der Waals surface area (Å²) >= 11 is 6.08. The van der Waals surface area contributed by atoms with Crippen molar-refractivity contribution in [2.45, 2.75) is 57.7 Å². The molecular formula is C31H37ClFN3O3. The molecule has 208 valence electrons. The third-order valence-corrected chi connectivity index (χ3v) is 7.26. The first-order chi connectivity index (χ1) is 18.2. The van der Waals surface area contributed by atoms with E-state index in [9.17, 15) is 14.3 Å². The minimum absolute atomic E-state index is 0.00143. The Morgan fingerprint density at radius 3 is 2.46 bits per heavy atom. The Hall–Kier alpha value is -3.00. The van der Waals surface area contributed by atoms with Gasteiger partial charge in [0.15, 0.2) is 0 Å². The largest absolute Gasteiger partial charge is 0.444 e. The van der Waals surface area contributed by atoms with Crippen LogP contribution in [-0.2, 0) is 22.2 Å². The maximum atomic E-state index is 13.9. The van der Waals surface area contributed by atoms with Crippen LogP contribution in [0.15, 0.2) is 60.7 Å². The molecule has 0 saturated carbocycles. The smallest absolute Gasteiger partial charge is 0.407 e. The van der Waals surface area contributed by atoms with Gasteiger partial charge < -0.3 is 20.1 Å². The van der Waals surface area contributed by atoms with Crippen LogP contribution in [0.3, 0.4) is 0 Å². The molecule has 1 atom stereocenters. The second-order valence-electron chi connectivity index (χ2n) is 11.9. The average molecular weight is 554 g/mol. The SMILES string of the molecule is CC(C)(C)OC(=O)NCC(C)(O)c1cc(C2(C)CN(CCc3ccccc3)C2)cc(-c2ccc(F)c(Cl)c2)n1. The first-order valence-electron chi connectivity index (χ1n) is 13.2. The maximum absolute atomic E-state index is 13.9. The van der Waals surface area contributed by atoms with Gasteiger partial charge in [-0.05, 0) is 75.6 Å². The first-order valence-corrected chi connectivity index (χ1v) is 13.6. The maximum Gasteiger partial charge on any atom is 0.407 e. The van der Waals surface area contributed by atoms with Crippen molar-refractivity contribution in [1.82, 2.24) is 15.2 Å². The molecule has 1 amide bonds. The molecule has 2 aromatic carbocycles. The van der Waals surface area contributed by atoms with E-state index in [-0.39, 0.29) is 17.0 Å². The van der Waals surface area contributed by atoms with Crippen LogP contribution in [0.4, 0.5) is 9.18 Å². The zero-order chi connectivity index (χ0) is 28.4. The molecule has 2 heterocycles. The van der Waals surface area contributed by atoms with E-state index in [0.717, 1.165) is 31.6 Å². The van der Waals surface area contributed by atoms with Crippen LogP contribution in [0.1, 0.15) is 51.4 Å². The van der Waals surface area contributed by atoms with Gasteiger partial charge in [0.1, 0.15) is 17.0 Å². The highest BCUT2D eigenvalue weighted by molar-refractivity contribution is 6.31. The minimum Gasteiger partial charge on any atom is -0.444 e. The van der Waals surface area contributed by atoms with Gasteiger partial charge >= 0.3 is 6.09 Å². The van der Waals surface area contributed by atoms with Crippen molar-refractivity contribution in [3.8, 4) is 11.3 Å². The van der Waals surface area contributed by atoms with Crippen molar-refractivity contribution < 1.29 is 19.0 Å². The fourth-order valence-electron chi connectivity index (χ4n) is 4.82. The molecule has 0 bridgehead atoms. The number of hydrogen-bond acceptors (Lipinski definition) is 5. The Balaban J connectivity index is 1.58. The lowest BCUT2D eigenvalue weighted by Crippen LogP contribution is -2.58. The second kappa shape index (κ2) is 11.2. The number of halogens is 2. The average Bonchev–Trinajstić information content (AvgIpc) is 2.86. The number of rotatable bonds is 8. The number of nitrogens with one attached hydrogen (secondary N) is 1. The summed E-state index contributed by atoms with van der Waals surface area (Å²) in [5, 5.41) is 14.1. The number of likely N-dealkylation sites (tertiary alicyclic amines) is 1. The molecule has 1 aromatic heterocycles. The van der Waals surface area contributed by atoms with Gasteiger partial charge in [-0.1, -0.05) is 48.9 Å². The molecule has 0 aliphatic carbocycles. The number of nitrogens with zero attached hydrogens (tertiary/aromatic N) is 2. The molecule has 1 saturated heterocycles. The van der Waals surface area contributed by atoms with E-state index >= 15 is 0 Å². The van der Waals surface area contributed by atoms with Crippen LogP contribution < -0.4 is 5.32 Å². The Kier molecular flexibility index (Phi) is 8.36.